The smallest absolute Gasteiger partial charge is 0.223 e. The number of benzene rings is 1. The average molecular weight is 393 g/mol. The minimum absolute atomic E-state index is 0. The van der Waals surface area contributed by atoms with Gasteiger partial charge in [-0.25, -0.2) is 0 Å². The van der Waals surface area contributed by atoms with E-state index in [-0.39, 0.29) is 30.2 Å². The van der Waals surface area contributed by atoms with Crippen molar-refractivity contribution in [3.8, 4) is 0 Å². The zero-order valence-electron chi connectivity index (χ0n) is 13.6. The Morgan fingerprint density at radius 2 is 2.04 bits per heavy atom. The Morgan fingerprint density at radius 1 is 1.29 bits per heavy atom. The molecule has 24 heavy (non-hydrogen) atoms. The van der Waals surface area contributed by atoms with E-state index in [0.717, 1.165) is 57.7 Å². The summed E-state index contributed by atoms with van der Waals surface area (Å²) < 4.78 is 0. The summed E-state index contributed by atoms with van der Waals surface area (Å²) in [6.45, 7) is 6.15. The number of halogens is 3. The SMILES string of the molecule is Cl.O=C(NCCCN1CCNCC1)C1CC1c1ccc(Cl)cc1Cl. The number of hydrogen-bond donors (Lipinski definition) is 2. The molecule has 1 aromatic carbocycles. The second-order valence-corrected chi connectivity index (χ2v) is 7.19. The van der Waals surface area contributed by atoms with Crippen LogP contribution in [-0.2, 0) is 4.79 Å². The van der Waals surface area contributed by atoms with Gasteiger partial charge in [-0.15, -0.1) is 12.4 Å². The van der Waals surface area contributed by atoms with E-state index in [9.17, 15) is 4.79 Å². The molecule has 1 heterocycles. The zero-order valence-corrected chi connectivity index (χ0v) is 15.9. The van der Waals surface area contributed by atoms with Crippen molar-refractivity contribution in [3.05, 3.63) is 33.8 Å². The van der Waals surface area contributed by atoms with Crippen LogP contribution in [0.5, 0.6) is 0 Å². The molecule has 7 heteroatoms. The van der Waals surface area contributed by atoms with E-state index in [2.05, 4.69) is 15.5 Å². The maximum Gasteiger partial charge on any atom is 0.223 e. The van der Waals surface area contributed by atoms with Crippen molar-refractivity contribution in [2.45, 2.75) is 18.8 Å². The van der Waals surface area contributed by atoms with E-state index in [1.54, 1.807) is 6.07 Å². The van der Waals surface area contributed by atoms with Crippen LogP contribution in [0.25, 0.3) is 0 Å². The molecule has 2 aliphatic rings. The summed E-state index contributed by atoms with van der Waals surface area (Å²) >= 11 is 12.1. The first-order valence-electron chi connectivity index (χ1n) is 8.31. The van der Waals surface area contributed by atoms with Gasteiger partial charge in [0.05, 0.1) is 0 Å². The quantitative estimate of drug-likeness (QED) is 0.732. The molecule has 2 fully saturated rings. The number of nitrogens with one attached hydrogen (secondary N) is 2. The molecule has 0 spiro atoms. The van der Waals surface area contributed by atoms with Crippen molar-refractivity contribution in [1.29, 1.82) is 0 Å². The fourth-order valence-electron chi connectivity index (χ4n) is 3.21. The van der Waals surface area contributed by atoms with Crippen LogP contribution in [0.1, 0.15) is 24.3 Å². The van der Waals surface area contributed by atoms with Crippen LogP contribution in [-0.4, -0.2) is 50.1 Å². The molecule has 3 rings (SSSR count). The fourth-order valence-corrected chi connectivity index (χ4v) is 3.76. The van der Waals surface area contributed by atoms with Crippen LogP contribution in [0.15, 0.2) is 18.2 Å². The molecule has 1 aliphatic carbocycles. The Hall–Kier alpha value is -0.520. The van der Waals surface area contributed by atoms with Crippen LogP contribution in [0.2, 0.25) is 10.0 Å². The van der Waals surface area contributed by atoms with Crippen LogP contribution in [0.4, 0.5) is 0 Å². The monoisotopic (exact) mass is 391 g/mol. The third-order valence-corrected chi connectivity index (χ3v) is 5.21. The molecular formula is C17H24Cl3N3O. The van der Waals surface area contributed by atoms with Gasteiger partial charge >= 0.3 is 0 Å². The van der Waals surface area contributed by atoms with E-state index >= 15 is 0 Å². The van der Waals surface area contributed by atoms with Gasteiger partial charge in [-0.05, 0) is 43.0 Å². The highest BCUT2D eigenvalue weighted by molar-refractivity contribution is 6.35. The molecule has 1 aromatic rings. The summed E-state index contributed by atoms with van der Waals surface area (Å²) in [6.07, 6.45) is 1.88. The van der Waals surface area contributed by atoms with E-state index in [1.807, 2.05) is 12.1 Å². The van der Waals surface area contributed by atoms with E-state index in [1.165, 1.54) is 0 Å². The maximum atomic E-state index is 12.2. The lowest BCUT2D eigenvalue weighted by molar-refractivity contribution is -0.122. The minimum Gasteiger partial charge on any atom is -0.356 e. The lowest BCUT2D eigenvalue weighted by Gasteiger charge is -2.27. The lowest BCUT2D eigenvalue weighted by Crippen LogP contribution is -2.44. The van der Waals surface area contributed by atoms with Gasteiger partial charge in [-0.3, -0.25) is 4.79 Å². The van der Waals surface area contributed by atoms with Gasteiger partial charge in [-0.1, -0.05) is 29.3 Å². The Kier molecular flexibility index (Phi) is 7.63. The fraction of sp³-hybridized carbons (Fsp3) is 0.588. The highest BCUT2D eigenvalue weighted by Crippen LogP contribution is 2.49. The third-order valence-electron chi connectivity index (χ3n) is 4.65. The van der Waals surface area contributed by atoms with Crippen molar-refractivity contribution in [1.82, 2.24) is 15.5 Å². The van der Waals surface area contributed by atoms with Gasteiger partial charge in [0.15, 0.2) is 0 Å². The summed E-state index contributed by atoms with van der Waals surface area (Å²) in [5.41, 5.74) is 1.04. The van der Waals surface area contributed by atoms with Crippen molar-refractivity contribution in [2.24, 2.45) is 5.92 Å². The van der Waals surface area contributed by atoms with Gasteiger partial charge in [0.1, 0.15) is 0 Å². The summed E-state index contributed by atoms with van der Waals surface area (Å²) in [6, 6.07) is 5.52. The van der Waals surface area contributed by atoms with Crippen LogP contribution in [0, 0.1) is 5.92 Å². The normalized spacial score (nSPS) is 23.4. The minimum atomic E-state index is 0. The molecule has 0 radical (unpaired) electrons. The molecular weight excluding hydrogens is 369 g/mol. The molecule has 1 aliphatic heterocycles. The Balaban J connectivity index is 0.00000208. The van der Waals surface area contributed by atoms with Gasteiger partial charge < -0.3 is 15.5 Å². The van der Waals surface area contributed by atoms with Crippen molar-refractivity contribution >= 4 is 41.5 Å². The first kappa shape index (κ1) is 19.8. The van der Waals surface area contributed by atoms with Crippen LogP contribution >= 0.6 is 35.6 Å². The predicted molar refractivity (Wildman–Crippen MR) is 101 cm³/mol. The number of piperazine rings is 1. The molecule has 1 saturated heterocycles. The first-order valence-corrected chi connectivity index (χ1v) is 9.06. The summed E-state index contributed by atoms with van der Waals surface area (Å²) in [5.74, 6) is 0.460. The summed E-state index contributed by atoms with van der Waals surface area (Å²) in [4.78, 5) is 14.7. The standard InChI is InChI=1S/C17H23Cl2N3O.ClH/c18-12-2-3-13(16(19)10-12)14-11-15(14)17(23)21-4-1-7-22-8-5-20-6-9-22;/h2-3,10,14-15,20H,1,4-9,11H2,(H,21,23);1H. The molecule has 134 valence electrons. The van der Waals surface area contributed by atoms with E-state index in [0.29, 0.717) is 10.0 Å². The van der Waals surface area contributed by atoms with Crippen LogP contribution < -0.4 is 10.6 Å². The number of nitrogens with zero attached hydrogens (tertiary/aromatic N) is 1. The highest BCUT2D eigenvalue weighted by Gasteiger charge is 2.44. The summed E-state index contributed by atoms with van der Waals surface area (Å²) in [7, 11) is 0. The number of hydrogen-bond acceptors (Lipinski definition) is 3. The molecule has 2 atom stereocenters. The lowest BCUT2D eigenvalue weighted by atomic mass is 10.1. The highest BCUT2D eigenvalue weighted by atomic mass is 35.5. The third kappa shape index (κ3) is 5.24. The van der Waals surface area contributed by atoms with Gasteiger partial charge in [0.25, 0.3) is 0 Å². The number of amides is 1. The maximum absolute atomic E-state index is 12.2. The Bertz CT molecular complexity index is 564. The Morgan fingerprint density at radius 3 is 2.75 bits per heavy atom. The molecule has 0 aromatic heterocycles. The van der Waals surface area contributed by atoms with Gasteiger partial charge in [0, 0.05) is 48.7 Å². The molecule has 2 N–H and O–H groups in total. The second-order valence-electron chi connectivity index (χ2n) is 6.35. The molecule has 4 nitrogen and oxygen atoms in total. The number of carbonyl (C=O) groups is 1. The van der Waals surface area contributed by atoms with E-state index in [4.69, 9.17) is 23.2 Å². The predicted octanol–water partition coefficient (Wildman–Crippen LogP) is 2.93. The molecule has 1 amide bonds. The zero-order chi connectivity index (χ0) is 16.2. The van der Waals surface area contributed by atoms with Crippen molar-refractivity contribution < 1.29 is 4.79 Å². The first-order chi connectivity index (χ1) is 11.1. The van der Waals surface area contributed by atoms with Gasteiger partial charge in [-0.2, -0.15) is 0 Å². The largest absolute Gasteiger partial charge is 0.356 e. The molecule has 1 saturated carbocycles. The van der Waals surface area contributed by atoms with E-state index < -0.39 is 0 Å². The van der Waals surface area contributed by atoms with Crippen LogP contribution in [0.3, 0.4) is 0 Å². The summed E-state index contributed by atoms with van der Waals surface area (Å²) in [5, 5.41) is 7.71. The molecule has 2 unspecified atom stereocenters. The second kappa shape index (κ2) is 9.25. The Labute approximate surface area is 159 Å². The topological polar surface area (TPSA) is 44.4 Å². The number of carbonyl (C=O) groups excluding carboxylic acids is 1. The molecule has 0 bridgehead atoms. The average Bonchev–Trinajstić information content (AvgIpc) is 3.33. The van der Waals surface area contributed by atoms with Gasteiger partial charge in [0.2, 0.25) is 5.91 Å². The van der Waals surface area contributed by atoms with Crippen molar-refractivity contribution in [3.63, 3.8) is 0 Å². The van der Waals surface area contributed by atoms with Crippen molar-refractivity contribution in [2.75, 3.05) is 39.3 Å². The number of rotatable bonds is 6.